The summed E-state index contributed by atoms with van der Waals surface area (Å²) >= 11 is 1.72. The summed E-state index contributed by atoms with van der Waals surface area (Å²) in [6, 6.07) is 18.4. The number of thiophene rings is 1. The number of carbonyl (C=O) groups excluding carboxylic acids is 1. The van der Waals surface area contributed by atoms with Crippen molar-refractivity contribution in [3.8, 4) is 0 Å². The van der Waals surface area contributed by atoms with E-state index in [2.05, 4.69) is 35.0 Å². The van der Waals surface area contributed by atoms with E-state index in [9.17, 15) is 4.79 Å². The average Bonchev–Trinajstić information content (AvgIpc) is 3.27. The van der Waals surface area contributed by atoms with E-state index < -0.39 is 6.29 Å². The molecule has 3 aromatic rings. The van der Waals surface area contributed by atoms with Crippen LogP contribution >= 0.6 is 11.3 Å². The molecule has 2 N–H and O–H groups in total. The quantitative estimate of drug-likeness (QED) is 0.436. The number of fused-ring (bicyclic) bond motifs is 1. The van der Waals surface area contributed by atoms with Crippen LogP contribution in [-0.2, 0) is 20.7 Å². The van der Waals surface area contributed by atoms with Gasteiger partial charge in [0.2, 0.25) is 6.29 Å². The molecular weight excluding hydrogens is 422 g/mol. The van der Waals surface area contributed by atoms with Gasteiger partial charge in [-0.05, 0) is 53.3 Å². The van der Waals surface area contributed by atoms with Gasteiger partial charge < -0.3 is 19.9 Å². The fourth-order valence-corrected chi connectivity index (χ4v) is 4.93. The zero-order valence-electron chi connectivity index (χ0n) is 18.0. The fourth-order valence-electron chi connectivity index (χ4n) is 3.90. The number of rotatable bonds is 10. The molecule has 0 spiro atoms. The number of amides is 1. The molecule has 0 fully saturated rings. The van der Waals surface area contributed by atoms with Crippen molar-refractivity contribution in [3.05, 3.63) is 82.9 Å². The van der Waals surface area contributed by atoms with Gasteiger partial charge in [0.15, 0.2) is 5.76 Å². The van der Waals surface area contributed by atoms with E-state index in [4.69, 9.17) is 14.6 Å². The van der Waals surface area contributed by atoms with Crippen molar-refractivity contribution in [2.45, 2.75) is 37.9 Å². The third-order valence-corrected chi connectivity index (χ3v) is 6.57. The summed E-state index contributed by atoms with van der Waals surface area (Å²) < 4.78 is 13.1. The summed E-state index contributed by atoms with van der Waals surface area (Å²) in [5.41, 5.74) is 2.38. The van der Waals surface area contributed by atoms with Gasteiger partial charge in [0.1, 0.15) is 0 Å². The molecule has 1 aliphatic heterocycles. The van der Waals surface area contributed by atoms with E-state index >= 15 is 0 Å². The lowest BCUT2D eigenvalue weighted by molar-refractivity contribution is -0.146. The molecule has 1 aromatic heterocycles. The van der Waals surface area contributed by atoms with Gasteiger partial charge in [-0.25, -0.2) is 0 Å². The number of nitrogens with one attached hydrogen (secondary N) is 1. The molecule has 2 heterocycles. The minimum Gasteiger partial charge on any atom is -0.459 e. The van der Waals surface area contributed by atoms with Gasteiger partial charge in [-0.15, -0.1) is 11.3 Å². The van der Waals surface area contributed by atoms with Crippen LogP contribution in [0.5, 0.6) is 0 Å². The van der Waals surface area contributed by atoms with Crippen molar-refractivity contribution in [2.24, 2.45) is 0 Å². The Kier molecular flexibility index (Phi) is 7.93. The van der Waals surface area contributed by atoms with E-state index in [1.807, 2.05) is 36.4 Å². The lowest BCUT2D eigenvalue weighted by atomic mass is 9.92. The standard InChI is InChI=1S/C26H29NO4S/c28-14-6-7-15-30-25-17-20(22-18-32-24-11-5-4-10-21(22)24)16-23(31-25)26(29)27-13-12-19-8-2-1-3-9-19/h1-5,8-11,16,18,20,25,28H,6-7,12-15,17H2,(H,27,29)/t20-,25+/m0/s1. The molecule has 0 saturated carbocycles. The Labute approximate surface area is 192 Å². The highest BCUT2D eigenvalue weighted by atomic mass is 32.1. The van der Waals surface area contributed by atoms with Crippen molar-refractivity contribution >= 4 is 27.3 Å². The van der Waals surface area contributed by atoms with E-state index in [1.165, 1.54) is 21.2 Å². The maximum Gasteiger partial charge on any atom is 0.286 e. The molecule has 1 aliphatic rings. The Morgan fingerprint density at radius 1 is 1.12 bits per heavy atom. The largest absolute Gasteiger partial charge is 0.459 e. The summed E-state index contributed by atoms with van der Waals surface area (Å²) in [4.78, 5) is 12.9. The molecule has 5 nitrogen and oxygen atoms in total. The lowest BCUT2D eigenvalue weighted by Crippen LogP contribution is -2.34. The molecule has 0 saturated heterocycles. The first kappa shape index (κ1) is 22.5. The van der Waals surface area contributed by atoms with Gasteiger partial charge in [0, 0.05) is 30.2 Å². The zero-order chi connectivity index (χ0) is 22.2. The average molecular weight is 452 g/mol. The van der Waals surface area contributed by atoms with E-state index in [1.54, 1.807) is 11.3 Å². The Balaban J connectivity index is 1.47. The topological polar surface area (TPSA) is 67.8 Å². The second-order valence-electron chi connectivity index (χ2n) is 7.90. The third-order valence-electron chi connectivity index (χ3n) is 5.59. The molecule has 2 aromatic carbocycles. The maximum absolute atomic E-state index is 12.9. The molecule has 2 atom stereocenters. The second kappa shape index (κ2) is 11.3. The molecule has 0 unspecified atom stereocenters. The van der Waals surface area contributed by atoms with Crippen molar-refractivity contribution in [1.29, 1.82) is 0 Å². The van der Waals surface area contributed by atoms with Crippen LogP contribution in [0.15, 0.2) is 71.8 Å². The number of hydrogen-bond acceptors (Lipinski definition) is 5. The van der Waals surface area contributed by atoms with Crippen LogP contribution < -0.4 is 5.32 Å². The van der Waals surface area contributed by atoms with Crippen LogP contribution in [-0.4, -0.2) is 37.1 Å². The Bertz CT molecular complexity index is 1050. The van der Waals surface area contributed by atoms with Crippen LogP contribution in [0.1, 0.15) is 36.3 Å². The predicted octanol–water partition coefficient (Wildman–Crippen LogP) is 4.76. The first-order valence-electron chi connectivity index (χ1n) is 11.1. The zero-order valence-corrected chi connectivity index (χ0v) is 18.9. The van der Waals surface area contributed by atoms with Crippen LogP contribution in [0, 0.1) is 0 Å². The minimum atomic E-state index is -0.489. The highest BCUT2D eigenvalue weighted by Crippen LogP contribution is 2.38. The lowest BCUT2D eigenvalue weighted by Gasteiger charge is -2.29. The molecule has 168 valence electrons. The third kappa shape index (κ3) is 5.76. The summed E-state index contributed by atoms with van der Waals surface area (Å²) in [7, 11) is 0. The maximum atomic E-state index is 12.9. The summed E-state index contributed by atoms with van der Waals surface area (Å²) in [6.07, 6.45) is 4.30. The Morgan fingerprint density at radius 3 is 2.78 bits per heavy atom. The van der Waals surface area contributed by atoms with Crippen molar-refractivity contribution in [3.63, 3.8) is 0 Å². The van der Waals surface area contributed by atoms with E-state index in [0.29, 0.717) is 31.8 Å². The van der Waals surface area contributed by atoms with Gasteiger partial charge in [0.25, 0.3) is 5.91 Å². The number of benzene rings is 2. The summed E-state index contributed by atoms with van der Waals surface area (Å²) in [5.74, 6) is 0.142. The molecule has 1 amide bonds. The monoisotopic (exact) mass is 451 g/mol. The van der Waals surface area contributed by atoms with Crippen molar-refractivity contribution < 1.29 is 19.4 Å². The van der Waals surface area contributed by atoms with E-state index in [-0.39, 0.29) is 18.4 Å². The molecule has 4 rings (SSSR count). The molecule has 32 heavy (non-hydrogen) atoms. The smallest absolute Gasteiger partial charge is 0.286 e. The fraction of sp³-hybridized carbons (Fsp3) is 0.346. The minimum absolute atomic E-state index is 0.0395. The number of hydrogen-bond donors (Lipinski definition) is 2. The second-order valence-corrected chi connectivity index (χ2v) is 8.81. The van der Waals surface area contributed by atoms with Gasteiger partial charge in [-0.1, -0.05) is 48.5 Å². The summed E-state index contributed by atoms with van der Waals surface area (Å²) in [5, 5.41) is 15.4. The number of carbonyl (C=O) groups is 1. The Morgan fingerprint density at radius 2 is 1.94 bits per heavy atom. The van der Waals surface area contributed by atoms with E-state index in [0.717, 1.165) is 12.8 Å². The molecule has 6 heteroatoms. The number of aliphatic hydroxyl groups excluding tert-OH is 1. The van der Waals surface area contributed by atoms with Crippen LogP contribution in [0.3, 0.4) is 0 Å². The normalized spacial score (nSPS) is 18.2. The van der Waals surface area contributed by atoms with Crippen molar-refractivity contribution in [1.82, 2.24) is 5.32 Å². The first-order valence-corrected chi connectivity index (χ1v) is 12.0. The van der Waals surface area contributed by atoms with Crippen LogP contribution in [0.25, 0.3) is 10.1 Å². The highest BCUT2D eigenvalue weighted by Gasteiger charge is 2.29. The number of ether oxygens (including phenoxy) is 2. The van der Waals surface area contributed by atoms with Crippen LogP contribution in [0.2, 0.25) is 0 Å². The SMILES string of the molecule is O=C(NCCc1ccccc1)C1=C[C@H](c2csc3ccccc23)C[C@H](OCCCCO)O1. The molecular formula is C26H29NO4S. The van der Waals surface area contributed by atoms with Gasteiger partial charge in [-0.2, -0.15) is 0 Å². The number of unbranched alkanes of at least 4 members (excludes halogenated alkanes) is 1. The molecule has 0 bridgehead atoms. The number of aliphatic hydroxyl groups is 1. The predicted molar refractivity (Wildman–Crippen MR) is 128 cm³/mol. The molecule has 0 radical (unpaired) electrons. The highest BCUT2D eigenvalue weighted by molar-refractivity contribution is 7.17. The first-order chi connectivity index (χ1) is 15.7. The van der Waals surface area contributed by atoms with Gasteiger partial charge in [0.05, 0.1) is 6.61 Å². The molecule has 0 aliphatic carbocycles. The van der Waals surface area contributed by atoms with Crippen LogP contribution in [0.4, 0.5) is 0 Å². The van der Waals surface area contributed by atoms with Gasteiger partial charge >= 0.3 is 0 Å². The number of allylic oxidation sites excluding steroid dienone is 1. The summed E-state index contributed by atoms with van der Waals surface area (Å²) in [6.45, 7) is 1.18. The Hall–Kier alpha value is -2.67. The van der Waals surface area contributed by atoms with Gasteiger partial charge in [-0.3, -0.25) is 4.79 Å². The van der Waals surface area contributed by atoms with Crippen molar-refractivity contribution in [2.75, 3.05) is 19.8 Å².